The van der Waals surface area contributed by atoms with Crippen LogP contribution in [0.3, 0.4) is 0 Å². The van der Waals surface area contributed by atoms with Crippen LogP contribution in [0.25, 0.3) is 10.4 Å². The Morgan fingerprint density at radius 3 is 2.69 bits per heavy atom. The third kappa shape index (κ3) is 1.60. The minimum atomic E-state index is -0.189. The van der Waals surface area contributed by atoms with Crippen LogP contribution in [0.2, 0.25) is 0 Å². The van der Waals surface area contributed by atoms with Crippen LogP contribution in [0.5, 0.6) is 0 Å². The second-order valence-electron chi connectivity index (χ2n) is 2.81. The van der Waals surface area contributed by atoms with Crippen molar-refractivity contribution < 1.29 is 4.39 Å². The lowest BCUT2D eigenvalue weighted by atomic mass is 10.2. The fourth-order valence-corrected chi connectivity index (χ4v) is 1.93. The fraction of sp³-hybridized carbons (Fsp3) is 0.100. The van der Waals surface area contributed by atoms with Crippen molar-refractivity contribution in [2.45, 2.75) is 6.92 Å². The normalized spacial score (nSPS) is 10.3. The topological polar surface area (TPSA) is 12.9 Å². The van der Waals surface area contributed by atoms with E-state index in [9.17, 15) is 4.39 Å². The molecule has 2 rings (SSSR count). The van der Waals surface area contributed by atoms with Gasteiger partial charge in [-0.25, -0.2) is 4.39 Å². The van der Waals surface area contributed by atoms with Gasteiger partial charge < -0.3 is 0 Å². The lowest BCUT2D eigenvalue weighted by molar-refractivity contribution is 0.631. The molecule has 0 radical (unpaired) electrons. The summed E-state index contributed by atoms with van der Waals surface area (Å²) in [5.74, 6) is -0.189. The third-order valence-electron chi connectivity index (χ3n) is 1.77. The third-order valence-corrected chi connectivity index (χ3v) is 2.68. The zero-order valence-electron chi connectivity index (χ0n) is 7.12. The Bertz CT molecular complexity index is 422. The molecule has 0 spiro atoms. The Morgan fingerprint density at radius 2 is 2.08 bits per heavy atom. The second-order valence-corrected chi connectivity index (χ2v) is 3.62. The van der Waals surface area contributed by atoms with Crippen LogP contribution in [0, 0.1) is 12.7 Å². The number of hydrogen-bond acceptors (Lipinski definition) is 2. The first-order valence-electron chi connectivity index (χ1n) is 3.95. The lowest BCUT2D eigenvalue weighted by Crippen LogP contribution is -1.78. The van der Waals surface area contributed by atoms with Gasteiger partial charge in [0.2, 0.25) is 0 Å². The van der Waals surface area contributed by atoms with Gasteiger partial charge >= 0.3 is 0 Å². The summed E-state index contributed by atoms with van der Waals surface area (Å²) in [4.78, 5) is 0.885. The van der Waals surface area contributed by atoms with Crippen molar-refractivity contribution in [3.05, 3.63) is 41.8 Å². The first-order valence-corrected chi connectivity index (χ1v) is 4.73. The van der Waals surface area contributed by atoms with E-state index >= 15 is 0 Å². The van der Waals surface area contributed by atoms with Crippen molar-refractivity contribution in [2.75, 3.05) is 0 Å². The van der Waals surface area contributed by atoms with Crippen LogP contribution < -0.4 is 0 Å². The lowest BCUT2D eigenvalue weighted by Gasteiger charge is -1.96. The van der Waals surface area contributed by atoms with Crippen molar-refractivity contribution in [1.29, 1.82) is 0 Å². The average Bonchev–Trinajstić information content (AvgIpc) is 2.53. The quantitative estimate of drug-likeness (QED) is 0.677. The van der Waals surface area contributed by atoms with Crippen LogP contribution in [0.1, 0.15) is 5.69 Å². The molecular formula is C10H8FNS. The van der Waals surface area contributed by atoms with Gasteiger partial charge in [0.15, 0.2) is 0 Å². The first kappa shape index (κ1) is 8.38. The van der Waals surface area contributed by atoms with Crippen molar-refractivity contribution in [3.8, 4) is 10.4 Å². The monoisotopic (exact) mass is 193 g/mol. The molecule has 2 aromatic rings. The highest BCUT2D eigenvalue weighted by Crippen LogP contribution is 2.26. The number of aryl methyl sites for hydroxylation is 1. The number of rotatable bonds is 1. The van der Waals surface area contributed by atoms with Crippen LogP contribution >= 0.6 is 11.5 Å². The standard InChI is InChI=1S/C10H8FNS/c1-7-6-10(13-12-7)8-4-2-3-5-9(8)11/h2-6H,1H3. The first-order chi connectivity index (χ1) is 6.27. The molecule has 1 aromatic carbocycles. The van der Waals surface area contributed by atoms with Gasteiger partial charge in [-0.15, -0.1) is 0 Å². The van der Waals surface area contributed by atoms with E-state index in [0.29, 0.717) is 5.56 Å². The predicted molar refractivity (Wildman–Crippen MR) is 52.2 cm³/mol. The number of aromatic nitrogens is 1. The van der Waals surface area contributed by atoms with E-state index in [2.05, 4.69) is 4.37 Å². The SMILES string of the molecule is Cc1cc(-c2ccccc2F)sn1. The highest BCUT2D eigenvalue weighted by atomic mass is 32.1. The maximum Gasteiger partial charge on any atom is 0.131 e. The fourth-order valence-electron chi connectivity index (χ4n) is 1.15. The Labute approximate surface area is 80.0 Å². The molecule has 0 aliphatic rings. The second kappa shape index (κ2) is 3.26. The molecule has 1 heterocycles. The number of halogens is 1. The Kier molecular flexibility index (Phi) is 2.10. The summed E-state index contributed by atoms with van der Waals surface area (Å²) in [6.45, 7) is 1.90. The van der Waals surface area contributed by atoms with Gasteiger partial charge in [-0.1, -0.05) is 18.2 Å². The van der Waals surface area contributed by atoms with Gasteiger partial charge in [-0.05, 0) is 30.6 Å². The summed E-state index contributed by atoms with van der Waals surface area (Å²) in [6.07, 6.45) is 0. The van der Waals surface area contributed by atoms with E-state index in [4.69, 9.17) is 0 Å². The largest absolute Gasteiger partial charge is 0.206 e. The number of hydrogen-bond donors (Lipinski definition) is 0. The molecular weight excluding hydrogens is 185 g/mol. The van der Waals surface area contributed by atoms with Crippen molar-refractivity contribution in [3.63, 3.8) is 0 Å². The van der Waals surface area contributed by atoms with Crippen LogP contribution in [0.4, 0.5) is 4.39 Å². The summed E-state index contributed by atoms with van der Waals surface area (Å²) in [5, 5.41) is 0. The molecule has 0 atom stereocenters. The van der Waals surface area contributed by atoms with Gasteiger partial charge in [0.1, 0.15) is 5.82 Å². The van der Waals surface area contributed by atoms with E-state index < -0.39 is 0 Å². The summed E-state index contributed by atoms with van der Waals surface area (Å²) in [7, 11) is 0. The summed E-state index contributed by atoms with van der Waals surface area (Å²) >= 11 is 1.33. The Morgan fingerprint density at radius 1 is 1.31 bits per heavy atom. The molecule has 0 aliphatic heterocycles. The predicted octanol–water partition coefficient (Wildman–Crippen LogP) is 3.26. The van der Waals surface area contributed by atoms with Crippen LogP contribution in [-0.4, -0.2) is 4.37 Å². The van der Waals surface area contributed by atoms with E-state index in [1.165, 1.54) is 17.6 Å². The Hall–Kier alpha value is -1.22. The molecule has 0 aliphatic carbocycles. The molecule has 0 fully saturated rings. The van der Waals surface area contributed by atoms with Gasteiger partial charge in [0, 0.05) is 5.56 Å². The van der Waals surface area contributed by atoms with Gasteiger partial charge in [0.05, 0.1) is 10.6 Å². The minimum absolute atomic E-state index is 0.189. The maximum absolute atomic E-state index is 13.3. The van der Waals surface area contributed by atoms with Gasteiger partial charge in [-0.3, -0.25) is 0 Å². The highest BCUT2D eigenvalue weighted by Gasteiger charge is 2.05. The highest BCUT2D eigenvalue weighted by molar-refractivity contribution is 7.09. The molecule has 0 N–H and O–H groups in total. The van der Waals surface area contributed by atoms with Crippen LogP contribution in [-0.2, 0) is 0 Å². The maximum atomic E-state index is 13.3. The van der Waals surface area contributed by atoms with Crippen molar-refractivity contribution in [1.82, 2.24) is 4.37 Å². The van der Waals surface area contributed by atoms with E-state index in [0.717, 1.165) is 10.6 Å². The number of benzene rings is 1. The van der Waals surface area contributed by atoms with E-state index in [1.54, 1.807) is 12.1 Å². The van der Waals surface area contributed by atoms with E-state index in [1.807, 2.05) is 19.1 Å². The van der Waals surface area contributed by atoms with Crippen LogP contribution in [0.15, 0.2) is 30.3 Å². The van der Waals surface area contributed by atoms with Gasteiger partial charge in [-0.2, -0.15) is 4.37 Å². The molecule has 0 saturated heterocycles. The molecule has 3 heteroatoms. The van der Waals surface area contributed by atoms with E-state index in [-0.39, 0.29) is 5.82 Å². The molecule has 1 nitrogen and oxygen atoms in total. The van der Waals surface area contributed by atoms with Gasteiger partial charge in [0.25, 0.3) is 0 Å². The molecule has 13 heavy (non-hydrogen) atoms. The zero-order valence-corrected chi connectivity index (χ0v) is 7.94. The molecule has 66 valence electrons. The Balaban J connectivity index is 2.52. The zero-order chi connectivity index (χ0) is 9.26. The average molecular weight is 193 g/mol. The number of nitrogens with zero attached hydrogens (tertiary/aromatic N) is 1. The molecule has 0 bridgehead atoms. The summed E-state index contributed by atoms with van der Waals surface area (Å²) < 4.78 is 17.4. The molecule has 0 unspecified atom stereocenters. The molecule has 0 amide bonds. The van der Waals surface area contributed by atoms with Crippen molar-refractivity contribution in [2.24, 2.45) is 0 Å². The molecule has 1 aromatic heterocycles. The van der Waals surface area contributed by atoms with Crippen molar-refractivity contribution >= 4 is 11.5 Å². The summed E-state index contributed by atoms with van der Waals surface area (Å²) in [6, 6.07) is 8.63. The minimum Gasteiger partial charge on any atom is -0.206 e. The summed E-state index contributed by atoms with van der Waals surface area (Å²) in [5.41, 5.74) is 1.57. The smallest absolute Gasteiger partial charge is 0.131 e. The molecule has 0 saturated carbocycles.